The second kappa shape index (κ2) is 7.85. The fraction of sp³-hybridized carbons (Fsp3) is 0.350. The van der Waals surface area contributed by atoms with E-state index in [1.165, 1.54) is 17.7 Å². The number of benzene rings is 2. The monoisotopic (exact) mass is 383 g/mol. The van der Waals surface area contributed by atoms with Gasteiger partial charge < -0.3 is 14.8 Å². The number of nitro benzene ring substituents is 1. The molecule has 28 heavy (non-hydrogen) atoms. The molecule has 1 saturated heterocycles. The molecule has 2 aliphatic heterocycles. The molecule has 4 rings (SSSR count). The average Bonchev–Trinajstić information content (AvgIpc) is 3.14. The lowest BCUT2D eigenvalue weighted by atomic mass is 10.1. The number of ether oxygens (including phenoxy) is 2. The standard InChI is InChI=1S/C20H21N3O5/c24-20(16-10-18-19(28-9-8-27-18)11-17(16)23(25)26)21-15-6-7-22(13-15)12-14-4-2-1-3-5-14/h1-5,10-11,15H,6-9,12-13H2,(H,21,24)/t15-/m1/s1. The van der Waals surface area contributed by atoms with E-state index in [0.29, 0.717) is 31.3 Å². The van der Waals surface area contributed by atoms with Crippen molar-refractivity contribution >= 4 is 11.6 Å². The minimum absolute atomic E-state index is 0.00393. The molecule has 0 bridgehead atoms. The molecule has 0 aliphatic carbocycles. The number of hydrogen-bond donors (Lipinski definition) is 1. The Balaban J connectivity index is 1.44. The van der Waals surface area contributed by atoms with Crippen LogP contribution in [0.3, 0.4) is 0 Å². The van der Waals surface area contributed by atoms with E-state index in [-0.39, 0.29) is 17.3 Å². The number of amides is 1. The predicted octanol–water partition coefficient (Wildman–Crippen LogP) is 2.37. The summed E-state index contributed by atoms with van der Waals surface area (Å²) in [6.07, 6.45) is 0.803. The minimum atomic E-state index is -0.566. The van der Waals surface area contributed by atoms with Crippen molar-refractivity contribution in [3.63, 3.8) is 0 Å². The first-order valence-electron chi connectivity index (χ1n) is 9.25. The Bertz CT molecular complexity index is 887. The summed E-state index contributed by atoms with van der Waals surface area (Å²) in [6, 6.07) is 12.8. The molecule has 2 aromatic rings. The van der Waals surface area contributed by atoms with Crippen LogP contribution in [0.25, 0.3) is 0 Å². The van der Waals surface area contributed by atoms with Gasteiger partial charge in [0.25, 0.3) is 11.6 Å². The van der Waals surface area contributed by atoms with Gasteiger partial charge in [-0.15, -0.1) is 0 Å². The fourth-order valence-corrected chi connectivity index (χ4v) is 3.61. The van der Waals surface area contributed by atoms with Gasteiger partial charge in [-0.2, -0.15) is 0 Å². The van der Waals surface area contributed by atoms with E-state index in [1.807, 2.05) is 18.2 Å². The Morgan fingerprint density at radius 2 is 1.89 bits per heavy atom. The maximum atomic E-state index is 12.7. The third kappa shape index (κ3) is 3.91. The van der Waals surface area contributed by atoms with Gasteiger partial charge >= 0.3 is 0 Å². The molecule has 1 fully saturated rings. The molecular weight excluding hydrogens is 362 g/mol. The summed E-state index contributed by atoms with van der Waals surface area (Å²) in [7, 11) is 0. The van der Waals surface area contributed by atoms with E-state index in [1.54, 1.807) is 0 Å². The molecule has 8 nitrogen and oxygen atoms in total. The molecule has 146 valence electrons. The molecule has 0 spiro atoms. The van der Waals surface area contributed by atoms with Crippen molar-refractivity contribution in [1.29, 1.82) is 0 Å². The normalized spacial score (nSPS) is 18.6. The van der Waals surface area contributed by atoms with Gasteiger partial charge in [0, 0.05) is 31.7 Å². The van der Waals surface area contributed by atoms with E-state index >= 15 is 0 Å². The van der Waals surface area contributed by atoms with Crippen LogP contribution in [0, 0.1) is 10.1 Å². The highest BCUT2D eigenvalue weighted by atomic mass is 16.6. The van der Waals surface area contributed by atoms with Gasteiger partial charge in [0.2, 0.25) is 0 Å². The number of nitrogens with one attached hydrogen (secondary N) is 1. The highest BCUT2D eigenvalue weighted by Gasteiger charge is 2.29. The van der Waals surface area contributed by atoms with Crippen molar-refractivity contribution < 1.29 is 19.2 Å². The highest BCUT2D eigenvalue weighted by molar-refractivity contribution is 5.99. The van der Waals surface area contributed by atoms with Crippen molar-refractivity contribution in [3.8, 4) is 11.5 Å². The van der Waals surface area contributed by atoms with Crippen molar-refractivity contribution in [2.75, 3.05) is 26.3 Å². The van der Waals surface area contributed by atoms with Crippen LogP contribution in [0.1, 0.15) is 22.3 Å². The maximum Gasteiger partial charge on any atom is 0.286 e. The number of fused-ring (bicyclic) bond motifs is 1. The molecule has 2 aliphatic rings. The number of carbonyl (C=O) groups is 1. The molecule has 1 amide bonds. The van der Waals surface area contributed by atoms with Crippen LogP contribution in [-0.4, -0.2) is 48.1 Å². The van der Waals surface area contributed by atoms with E-state index < -0.39 is 10.8 Å². The Morgan fingerprint density at radius 1 is 1.18 bits per heavy atom. The first kappa shape index (κ1) is 18.2. The van der Waals surface area contributed by atoms with Crippen LogP contribution in [0.5, 0.6) is 11.5 Å². The zero-order chi connectivity index (χ0) is 19.5. The summed E-state index contributed by atoms with van der Waals surface area (Å²) in [5.41, 5.74) is 0.939. The van der Waals surface area contributed by atoms with Crippen LogP contribution in [0.2, 0.25) is 0 Å². The number of nitrogens with zero attached hydrogens (tertiary/aromatic N) is 2. The quantitative estimate of drug-likeness (QED) is 0.629. The SMILES string of the molecule is O=C(N[C@@H]1CCN(Cc2ccccc2)C1)c1cc2c(cc1[N+](=O)[O-])OCCO2. The number of rotatable bonds is 5. The summed E-state index contributed by atoms with van der Waals surface area (Å²) in [5.74, 6) is 0.193. The van der Waals surface area contributed by atoms with Gasteiger partial charge in [-0.1, -0.05) is 30.3 Å². The summed E-state index contributed by atoms with van der Waals surface area (Å²) in [5, 5.41) is 14.4. The first-order chi connectivity index (χ1) is 13.6. The van der Waals surface area contributed by atoms with E-state index in [0.717, 1.165) is 19.5 Å². The Kier molecular flexibility index (Phi) is 5.12. The Labute approximate surface area is 162 Å². The first-order valence-corrected chi connectivity index (χ1v) is 9.25. The van der Waals surface area contributed by atoms with Crippen molar-refractivity contribution in [1.82, 2.24) is 10.2 Å². The lowest BCUT2D eigenvalue weighted by molar-refractivity contribution is -0.385. The van der Waals surface area contributed by atoms with Crippen LogP contribution in [0.4, 0.5) is 5.69 Å². The van der Waals surface area contributed by atoms with Gasteiger partial charge in [0.1, 0.15) is 18.8 Å². The van der Waals surface area contributed by atoms with Crippen molar-refractivity contribution in [3.05, 3.63) is 63.7 Å². The van der Waals surface area contributed by atoms with Gasteiger partial charge in [-0.25, -0.2) is 0 Å². The third-order valence-electron chi connectivity index (χ3n) is 4.96. The topological polar surface area (TPSA) is 93.9 Å². The van der Waals surface area contributed by atoms with Crippen molar-refractivity contribution in [2.24, 2.45) is 0 Å². The van der Waals surface area contributed by atoms with E-state index in [2.05, 4.69) is 22.3 Å². The van der Waals surface area contributed by atoms with Crippen molar-refractivity contribution in [2.45, 2.75) is 19.0 Å². The Morgan fingerprint density at radius 3 is 2.61 bits per heavy atom. The summed E-state index contributed by atoms with van der Waals surface area (Å²) < 4.78 is 10.9. The predicted molar refractivity (Wildman–Crippen MR) is 102 cm³/mol. The highest BCUT2D eigenvalue weighted by Crippen LogP contribution is 2.36. The van der Waals surface area contributed by atoms with Gasteiger partial charge in [0.05, 0.1) is 11.0 Å². The summed E-state index contributed by atoms with van der Waals surface area (Å²) >= 11 is 0. The zero-order valence-electron chi connectivity index (χ0n) is 15.3. The molecule has 0 saturated carbocycles. The lowest BCUT2D eigenvalue weighted by Crippen LogP contribution is -2.37. The summed E-state index contributed by atoms with van der Waals surface area (Å²) in [6.45, 7) is 3.07. The molecule has 1 atom stereocenters. The van der Waals surface area contributed by atoms with Crippen LogP contribution in [-0.2, 0) is 6.54 Å². The molecule has 0 aromatic heterocycles. The molecule has 8 heteroatoms. The van der Waals surface area contributed by atoms with E-state index in [4.69, 9.17) is 9.47 Å². The van der Waals surface area contributed by atoms with Crippen LogP contribution >= 0.6 is 0 Å². The largest absolute Gasteiger partial charge is 0.486 e. The second-order valence-corrected chi connectivity index (χ2v) is 6.95. The van der Waals surface area contributed by atoms with Gasteiger partial charge in [0.15, 0.2) is 11.5 Å². The fourth-order valence-electron chi connectivity index (χ4n) is 3.61. The molecule has 1 N–H and O–H groups in total. The number of carbonyl (C=O) groups excluding carboxylic acids is 1. The molecule has 2 aromatic carbocycles. The smallest absolute Gasteiger partial charge is 0.286 e. The number of nitro groups is 1. The minimum Gasteiger partial charge on any atom is -0.486 e. The van der Waals surface area contributed by atoms with E-state index in [9.17, 15) is 14.9 Å². The number of hydrogen-bond acceptors (Lipinski definition) is 6. The van der Waals surface area contributed by atoms with Crippen LogP contribution < -0.4 is 14.8 Å². The Hall–Kier alpha value is -3.13. The molecular formula is C20H21N3O5. The molecule has 0 radical (unpaired) electrons. The van der Waals surface area contributed by atoms with Gasteiger partial charge in [-0.3, -0.25) is 19.8 Å². The zero-order valence-corrected chi connectivity index (χ0v) is 15.3. The average molecular weight is 383 g/mol. The van der Waals surface area contributed by atoms with Gasteiger partial charge in [-0.05, 0) is 12.0 Å². The van der Waals surface area contributed by atoms with Crippen LogP contribution in [0.15, 0.2) is 42.5 Å². The number of likely N-dealkylation sites (tertiary alicyclic amines) is 1. The maximum absolute atomic E-state index is 12.7. The molecule has 2 heterocycles. The summed E-state index contributed by atoms with van der Waals surface area (Å²) in [4.78, 5) is 25.9. The molecule has 0 unspecified atom stereocenters. The third-order valence-corrected chi connectivity index (χ3v) is 4.96. The lowest BCUT2D eigenvalue weighted by Gasteiger charge is -2.20. The second-order valence-electron chi connectivity index (χ2n) is 6.95.